The summed E-state index contributed by atoms with van der Waals surface area (Å²) in [7, 11) is 1.48. The number of amides is 1. The van der Waals surface area contributed by atoms with E-state index in [0.29, 0.717) is 6.42 Å². The van der Waals surface area contributed by atoms with Gasteiger partial charge in [-0.15, -0.1) is 0 Å². The molecule has 3 aromatic rings. The fourth-order valence-corrected chi connectivity index (χ4v) is 4.36. The van der Waals surface area contributed by atoms with Crippen LogP contribution in [0.1, 0.15) is 34.6 Å². The summed E-state index contributed by atoms with van der Waals surface area (Å²) in [4.78, 5) is 29.9. The molecule has 32 heavy (non-hydrogen) atoms. The molecule has 0 fully saturated rings. The molecular weight excluding hydrogens is 404 g/mol. The van der Waals surface area contributed by atoms with E-state index >= 15 is 0 Å². The van der Waals surface area contributed by atoms with Crippen LogP contribution in [0.3, 0.4) is 0 Å². The number of fused-ring (bicyclic) bond motifs is 3. The van der Waals surface area contributed by atoms with Crippen LogP contribution in [0.4, 0.5) is 4.79 Å². The van der Waals surface area contributed by atoms with Gasteiger partial charge in [-0.2, -0.15) is 0 Å². The molecule has 0 bridgehead atoms. The molecule has 2 aromatic carbocycles. The van der Waals surface area contributed by atoms with E-state index in [1.54, 1.807) is 12.4 Å². The number of hydrogen-bond acceptors (Lipinski definition) is 4. The maximum atomic E-state index is 12.8. The Morgan fingerprint density at radius 1 is 1.06 bits per heavy atom. The minimum Gasteiger partial charge on any atom is -0.480 e. The second kappa shape index (κ2) is 9.22. The number of hydrogen-bond donors (Lipinski definition) is 1. The van der Waals surface area contributed by atoms with Crippen LogP contribution < -0.4 is 0 Å². The molecule has 1 aromatic heterocycles. The van der Waals surface area contributed by atoms with Crippen molar-refractivity contribution >= 4 is 12.1 Å². The van der Waals surface area contributed by atoms with Crippen LogP contribution in [-0.2, 0) is 16.0 Å². The molecule has 1 N–H and O–H groups in total. The molecule has 1 aliphatic rings. The first-order valence-electron chi connectivity index (χ1n) is 10.7. The number of likely N-dealkylation sites (N-methyl/N-ethyl adjacent to an activating group) is 1. The number of benzene rings is 2. The third-order valence-corrected chi connectivity index (χ3v) is 6.21. The van der Waals surface area contributed by atoms with E-state index < -0.39 is 18.1 Å². The fraction of sp³-hybridized carbons (Fsp3) is 0.269. The average molecular weight is 431 g/mol. The van der Waals surface area contributed by atoms with E-state index in [-0.39, 0.29) is 18.9 Å². The lowest BCUT2D eigenvalue weighted by Crippen LogP contribution is -2.43. The van der Waals surface area contributed by atoms with Crippen molar-refractivity contribution in [2.45, 2.75) is 31.7 Å². The quantitative estimate of drug-likeness (QED) is 0.590. The Bertz CT molecular complexity index is 1100. The van der Waals surface area contributed by atoms with Gasteiger partial charge in [-0.05, 0) is 59.2 Å². The normalized spacial score (nSPS) is 13.2. The molecule has 164 valence electrons. The smallest absolute Gasteiger partial charge is 0.410 e. The van der Waals surface area contributed by atoms with Crippen LogP contribution in [0.25, 0.3) is 11.1 Å². The van der Waals surface area contributed by atoms with Crippen LogP contribution in [0, 0.1) is 6.92 Å². The lowest BCUT2D eigenvalue weighted by molar-refractivity contribution is -0.142. The molecule has 1 heterocycles. The van der Waals surface area contributed by atoms with Gasteiger partial charge in [0, 0.05) is 25.4 Å². The predicted octanol–water partition coefficient (Wildman–Crippen LogP) is 4.66. The molecule has 1 atom stereocenters. The zero-order valence-corrected chi connectivity index (χ0v) is 18.2. The van der Waals surface area contributed by atoms with Gasteiger partial charge < -0.3 is 9.84 Å². The minimum absolute atomic E-state index is 0.0685. The largest absolute Gasteiger partial charge is 0.480 e. The van der Waals surface area contributed by atoms with Gasteiger partial charge in [0.1, 0.15) is 12.6 Å². The summed E-state index contributed by atoms with van der Waals surface area (Å²) in [5, 5.41) is 9.71. The second-order valence-corrected chi connectivity index (χ2v) is 8.11. The van der Waals surface area contributed by atoms with Crippen molar-refractivity contribution < 1.29 is 19.4 Å². The van der Waals surface area contributed by atoms with Gasteiger partial charge in [-0.1, -0.05) is 48.5 Å². The third-order valence-electron chi connectivity index (χ3n) is 6.21. The van der Waals surface area contributed by atoms with Gasteiger partial charge in [0.15, 0.2) is 0 Å². The number of aromatic nitrogens is 1. The van der Waals surface area contributed by atoms with Crippen molar-refractivity contribution in [3.05, 3.63) is 89.2 Å². The number of rotatable bonds is 7. The number of aryl methyl sites for hydroxylation is 2. The molecular formula is C26H26N2O4. The SMILES string of the molecule is Cc1ccncc1CCC(C(=O)O)N(C)C(=O)OCC1c2ccccc2-c2ccccc21. The summed E-state index contributed by atoms with van der Waals surface area (Å²) in [6, 6.07) is 17.1. The molecule has 0 saturated heterocycles. The van der Waals surface area contributed by atoms with Crippen molar-refractivity contribution in [2.24, 2.45) is 0 Å². The minimum atomic E-state index is -1.05. The van der Waals surface area contributed by atoms with Crippen LogP contribution in [0.15, 0.2) is 67.0 Å². The first-order valence-corrected chi connectivity index (χ1v) is 10.7. The zero-order chi connectivity index (χ0) is 22.7. The number of carboxylic acids is 1. The maximum Gasteiger partial charge on any atom is 0.410 e. The average Bonchev–Trinajstić information content (AvgIpc) is 3.12. The predicted molar refractivity (Wildman–Crippen MR) is 122 cm³/mol. The Kier molecular flexibility index (Phi) is 6.21. The van der Waals surface area contributed by atoms with Gasteiger partial charge in [0.2, 0.25) is 0 Å². The van der Waals surface area contributed by atoms with E-state index in [1.165, 1.54) is 11.9 Å². The second-order valence-electron chi connectivity index (χ2n) is 8.11. The summed E-state index contributed by atoms with van der Waals surface area (Å²) in [6.07, 6.45) is 3.60. The lowest BCUT2D eigenvalue weighted by atomic mass is 9.98. The zero-order valence-electron chi connectivity index (χ0n) is 18.2. The van der Waals surface area contributed by atoms with Gasteiger partial charge in [-0.25, -0.2) is 9.59 Å². The van der Waals surface area contributed by atoms with E-state index in [2.05, 4.69) is 17.1 Å². The highest BCUT2D eigenvalue weighted by molar-refractivity contribution is 5.81. The first-order chi connectivity index (χ1) is 15.5. The molecule has 6 heteroatoms. The van der Waals surface area contributed by atoms with Crippen molar-refractivity contribution in [3.63, 3.8) is 0 Å². The highest BCUT2D eigenvalue weighted by atomic mass is 16.6. The van der Waals surface area contributed by atoms with Gasteiger partial charge in [0.25, 0.3) is 0 Å². The Morgan fingerprint density at radius 3 is 2.28 bits per heavy atom. The molecule has 1 amide bonds. The number of nitrogens with zero attached hydrogens (tertiary/aromatic N) is 2. The number of carbonyl (C=O) groups is 2. The number of carbonyl (C=O) groups excluding carboxylic acids is 1. The van der Waals surface area contributed by atoms with E-state index in [9.17, 15) is 14.7 Å². The molecule has 0 saturated carbocycles. The van der Waals surface area contributed by atoms with Gasteiger partial charge in [-0.3, -0.25) is 9.88 Å². The number of carboxylic acid groups (broad SMARTS) is 1. The molecule has 1 aliphatic carbocycles. The number of aliphatic carboxylic acids is 1. The topological polar surface area (TPSA) is 79.7 Å². The van der Waals surface area contributed by atoms with Crippen LogP contribution in [0.5, 0.6) is 0 Å². The highest BCUT2D eigenvalue weighted by Gasteiger charge is 2.31. The summed E-state index contributed by atoms with van der Waals surface area (Å²) < 4.78 is 5.62. The molecule has 4 rings (SSSR count). The van der Waals surface area contributed by atoms with E-state index in [4.69, 9.17) is 4.74 Å². The molecule has 6 nitrogen and oxygen atoms in total. The molecule has 1 unspecified atom stereocenters. The van der Waals surface area contributed by atoms with E-state index in [0.717, 1.165) is 33.4 Å². The van der Waals surface area contributed by atoms with Crippen molar-refractivity contribution in [1.29, 1.82) is 0 Å². The summed E-state index contributed by atoms with van der Waals surface area (Å²) in [5.41, 5.74) is 6.55. The lowest BCUT2D eigenvalue weighted by Gasteiger charge is -2.25. The molecule has 0 radical (unpaired) electrons. The Morgan fingerprint density at radius 2 is 1.69 bits per heavy atom. The standard InChI is InChI=1S/C26H26N2O4/c1-17-13-14-27-15-18(17)11-12-24(25(29)30)28(2)26(31)32-16-23-21-9-5-3-7-19(21)20-8-4-6-10-22(20)23/h3-10,13-15,23-24H,11-12,16H2,1-2H3,(H,29,30). The van der Waals surface area contributed by atoms with Crippen LogP contribution >= 0.6 is 0 Å². The first kappa shape index (κ1) is 21.6. The van der Waals surface area contributed by atoms with Crippen LogP contribution in [0.2, 0.25) is 0 Å². The van der Waals surface area contributed by atoms with E-state index in [1.807, 2.05) is 49.4 Å². The Balaban J connectivity index is 1.44. The van der Waals surface area contributed by atoms with Crippen molar-refractivity contribution in [1.82, 2.24) is 9.88 Å². The van der Waals surface area contributed by atoms with Crippen LogP contribution in [-0.4, -0.2) is 46.7 Å². The van der Waals surface area contributed by atoms with Crippen molar-refractivity contribution in [3.8, 4) is 11.1 Å². The monoisotopic (exact) mass is 430 g/mol. The molecule has 0 spiro atoms. The fourth-order valence-electron chi connectivity index (χ4n) is 4.36. The Labute approximate surface area is 187 Å². The Hall–Kier alpha value is -3.67. The van der Waals surface area contributed by atoms with Crippen molar-refractivity contribution in [2.75, 3.05) is 13.7 Å². The summed E-state index contributed by atoms with van der Waals surface area (Å²) >= 11 is 0. The number of pyridine rings is 1. The third kappa shape index (κ3) is 4.21. The number of ether oxygens (including phenoxy) is 1. The van der Waals surface area contributed by atoms with Gasteiger partial charge >= 0.3 is 12.1 Å². The molecule has 0 aliphatic heterocycles. The summed E-state index contributed by atoms with van der Waals surface area (Å²) in [6.45, 7) is 2.12. The van der Waals surface area contributed by atoms with Gasteiger partial charge in [0.05, 0.1) is 0 Å². The highest BCUT2D eigenvalue weighted by Crippen LogP contribution is 2.44. The maximum absolute atomic E-state index is 12.8. The summed E-state index contributed by atoms with van der Waals surface area (Å²) in [5.74, 6) is -1.12.